The highest BCUT2D eigenvalue weighted by Gasteiger charge is 2.63. The number of rotatable bonds is 8. The zero-order valence-corrected chi connectivity index (χ0v) is 30.3. The van der Waals surface area contributed by atoms with Gasteiger partial charge in [-0.05, 0) is 133 Å². The molecule has 0 saturated heterocycles. The van der Waals surface area contributed by atoms with E-state index in [1.165, 1.54) is 31.3 Å². The molecule has 0 spiro atoms. The molecule has 5 nitrogen and oxygen atoms in total. The Morgan fingerprint density at radius 3 is 2.38 bits per heavy atom. The number of ketones is 2. The van der Waals surface area contributed by atoms with E-state index in [9.17, 15) is 19.2 Å². The quantitative estimate of drug-likeness (QED) is 0.207. The summed E-state index contributed by atoms with van der Waals surface area (Å²) >= 11 is 0. The molecule has 0 heterocycles. The van der Waals surface area contributed by atoms with Crippen LogP contribution in [0.1, 0.15) is 118 Å². The Balaban J connectivity index is 1.01. The standard InChI is InChI=1S/C43H58O5/c1-25(2)38-36(46)22-43(24-44)19-17-29-30-13-15-37-41(4,5)28(16-18-42(37,6)34(30)14-12-31(29)39(38)43)20-35(45)32-21-33(26(32)3)40(47)48-23-27-10-8-7-9-11-27/h7-11,24-26,28-34,37H,12-23H2,1-6H3. The van der Waals surface area contributed by atoms with Crippen molar-refractivity contribution >= 4 is 23.8 Å². The molecule has 48 heavy (non-hydrogen) atoms. The molecule has 5 heteroatoms. The van der Waals surface area contributed by atoms with E-state index >= 15 is 0 Å². The van der Waals surface area contributed by atoms with Gasteiger partial charge in [-0.25, -0.2) is 0 Å². The summed E-state index contributed by atoms with van der Waals surface area (Å²) in [7, 11) is 0. The highest BCUT2D eigenvalue weighted by Crippen LogP contribution is 2.69. The van der Waals surface area contributed by atoms with Crippen LogP contribution in [0.4, 0.5) is 0 Å². The van der Waals surface area contributed by atoms with Crippen LogP contribution >= 0.6 is 0 Å². The molecule has 0 N–H and O–H groups in total. The number of benzene rings is 1. The summed E-state index contributed by atoms with van der Waals surface area (Å²) in [6.07, 6.45) is 11.8. The van der Waals surface area contributed by atoms with Crippen molar-refractivity contribution in [1.29, 1.82) is 0 Å². The first-order valence-corrected chi connectivity index (χ1v) is 19.3. The zero-order valence-electron chi connectivity index (χ0n) is 30.3. The Hall–Kier alpha value is -2.56. The van der Waals surface area contributed by atoms with Crippen molar-refractivity contribution in [3.63, 3.8) is 0 Å². The van der Waals surface area contributed by atoms with E-state index in [0.717, 1.165) is 43.1 Å². The van der Waals surface area contributed by atoms with Crippen LogP contribution in [-0.2, 0) is 30.5 Å². The van der Waals surface area contributed by atoms with Gasteiger partial charge in [0.25, 0.3) is 0 Å². The Kier molecular flexibility index (Phi) is 8.72. The third-order valence-corrected chi connectivity index (χ3v) is 15.7. The van der Waals surface area contributed by atoms with Gasteiger partial charge in [0.2, 0.25) is 0 Å². The molecular formula is C43H58O5. The van der Waals surface area contributed by atoms with E-state index < -0.39 is 5.41 Å². The predicted molar refractivity (Wildman–Crippen MR) is 186 cm³/mol. The molecule has 0 aromatic heterocycles. The first kappa shape index (κ1) is 33.9. The molecule has 0 radical (unpaired) electrons. The van der Waals surface area contributed by atoms with Gasteiger partial charge in [0, 0.05) is 18.8 Å². The van der Waals surface area contributed by atoms with Crippen molar-refractivity contribution in [3.05, 3.63) is 47.0 Å². The molecular weight excluding hydrogens is 596 g/mol. The molecule has 5 fully saturated rings. The predicted octanol–water partition coefficient (Wildman–Crippen LogP) is 8.98. The van der Waals surface area contributed by atoms with Crippen LogP contribution in [0.2, 0.25) is 0 Å². The number of aldehydes is 1. The van der Waals surface area contributed by atoms with Crippen LogP contribution in [0.15, 0.2) is 41.5 Å². The molecule has 11 unspecified atom stereocenters. The Morgan fingerprint density at radius 2 is 1.69 bits per heavy atom. The fourth-order valence-corrected chi connectivity index (χ4v) is 13.1. The Labute approximate surface area is 288 Å². The minimum atomic E-state index is -0.529. The number of hydrogen-bond donors (Lipinski definition) is 0. The Morgan fingerprint density at radius 1 is 0.938 bits per heavy atom. The van der Waals surface area contributed by atoms with Crippen LogP contribution in [0.5, 0.6) is 0 Å². The molecule has 260 valence electrons. The van der Waals surface area contributed by atoms with E-state index in [2.05, 4.69) is 41.5 Å². The van der Waals surface area contributed by atoms with Crippen LogP contribution < -0.4 is 0 Å². The molecule has 1 aromatic carbocycles. The number of hydrogen-bond acceptors (Lipinski definition) is 5. The fourth-order valence-electron chi connectivity index (χ4n) is 13.1. The fraction of sp³-hybridized carbons (Fsp3) is 0.721. The van der Waals surface area contributed by atoms with Crippen molar-refractivity contribution < 1.29 is 23.9 Å². The minimum absolute atomic E-state index is 0.0355. The Bertz CT molecular complexity index is 1490. The maximum atomic E-state index is 13.8. The number of carbonyl (C=O) groups is 4. The molecule has 0 amide bonds. The van der Waals surface area contributed by atoms with E-state index in [0.29, 0.717) is 60.6 Å². The molecule has 11 atom stereocenters. The largest absolute Gasteiger partial charge is 0.461 e. The lowest BCUT2D eigenvalue weighted by Gasteiger charge is -2.65. The second-order valence-corrected chi connectivity index (χ2v) is 18.3. The normalized spacial score (nSPS) is 41.4. The van der Waals surface area contributed by atoms with Crippen LogP contribution in [0.3, 0.4) is 0 Å². The van der Waals surface area contributed by atoms with E-state index in [1.807, 2.05) is 30.3 Å². The number of allylic oxidation sites excluding steroid dienone is 2. The highest BCUT2D eigenvalue weighted by molar-refractivity contribution is 6.03. The summed E-state index contributed by atoms with van der Waals surface area (Å²) < 4.78 is 5.63. The lowest BCUT2D eigenvalue weighted by Crippen LogP contribution is -2.58. The second kappa shape index (κ2) is 12.3. The van der Waals surface area contributed by atoms with Gasteiger partial charge >= 0.3 is 5.97 Å². The molecule has 6 aliphatic rings. The van der Waals surface area contributed by atoms with Gasteiger partial charge in [-0.15, -0.1) is 0 Å². The van der Waals surface area contributed by atoms with Gasteiger partial charge < -0.3 is 9.53 Å². The number of ether oxygens (including phenoxy) is 1. The lowest BCUT2D eigenvalue weighted by molar-refractivity contribution is -0.165. The monoisotopic (exact) mass is 654 g/mol. The SMILES string of the molecule is CC(C)C1=C2C3CCC4C(CCC5C(C)(C)C(CC(=O)C6CC(C(=O)OCc7ccccc7)C6C)CCC45C)C3CCC2(C=O)CC1=O. The maximum absolute atomic E-state index is 13.8. The summed E-state index contributed by atoms with van der Waals surface area (Å²) in [5.74, 6) is 3.69. The third kappa shape index (κ3) is 5.22. The topological polar surface area (TPSA) is 77.5 Å². The molecule has 5 saturated carbocycles. The summed E-state index contributed by atoms with van der Waals surface area (Å²) in [6.45, 7) is 14.1. The second-order valence-electron chi connectivity index (χ2n) is 18.3. The molecule has 6 aliphatic carbocycles. The molecule has 1 aromatic rings. The molecule has 0 bridgehead atoms. The summed E-state index contributed by atoms with van der Waals surface area (Å²) in [5.41, 5.74) is 3.06. The summed E-state index contributed by atoms with van der Waals surface area (Å²) in [5, 5.41) is 0. The van der Waals surface area contributed by atoms with Crippen molar-refractivity contribution in [2.75, 3.05) is 0 Å². The van der Waals surface area contributed by atoms with Gasteiger partial charge in [-0.1, -0.05) is 71.9 Å². The highest BCUT2D eigenvalue weighted by atomic mass is 16.5. The van der Waals surface area contributed by atoms with Crippen LogP contribution in [0.25, 0.3) is 0 Å². The number of fused-ring (bicyclic) bond motifs is 7. The number of Topliss-reactive ketones (excluding diaryl/α,β-unsaturated/α-hetero) is 2. The first-order valence-electron chi connectivity index (χ1n) is 19.3. The molecule has 0 aliphatic heterocycles. The van der Waals surface area contributed by atoms with Gasteiger partial charge in [0.15, 0.2) is 5.78 Å². The lowest BCUT2D eigenvalue weighted by atomic mass is 9.39. The van der Waals surface area contributed by atoms with Crippen LogP contribution in [-0.4, -0.2) is 23.8 Å². The summed E-state index contributed by atoms with van der Waals surface area (Å²) in [6, 6.07) is 9.78. The average Bonchev–Trinajstić information content (AvgIpc) is 3.37. The van der Waals surface area contributed by atoms with E-state index in [4.69, 9.17) is 4.74 Å². The minimum Gasteiger partial charge on any atom is -0.461 e. The van der Waals surface area contributed by atoms with Crippen molar-refractivity contribution in [2.45, 2.75) is 119 Å². The van der Waals surface area contributed by atoms with Gasteiger partial charge in [-0.2, -0.15) is 0 Å². The van der Waals surface area contributed by atoms with Gasteiger partial charge in [0.1, 0.15) is 18.7 Å². The number of esters is 1. The van der Waals surface area contributed by atoms with E-state index in [1.54, 1.807) is 0 Å². The third-order valence-electron chi connectivity index (χ3n) is 15.7. The summed E-state index contributed by atoms with van der Waals surface area (Å²) in [4.78, 5) is 52.5. The van der Waals surface area contributed by atoms with Crippen molar-refractivity contribution in [1.82, 2.24) is 0 Å². The molecule has 7 rings (SSSR count). The average molecular weight is 655 g/mol. The van der Waals surface area contributed by atoms with Gasteiger partial charge in [0.05, 0.1) is 11.3 Å². The zero-order chi connectivity index (χ0) is 34.2. The first-order chi connectivity index (χ1) is 22.8. The van der Waals surface area contributed by atoms with E-state index in [-0.39, 0.29) is 52.9 Å². The van der Waals surface area contributed by atoms with Crippen LogP contribution in [0, 0.1) is 75.4 Å². The smallest absolute Gasteiger partial charge is 0.309 e. The van der Waals surface area contributed by atoms with Gasteiger partial charge in [-0.3, -0.25) is 14.4 Å². The van der Waals surface area contributed by atoms with Crippen molar-refractivity contribution in [3.8, 4) is 0 Å². The maximum Gasteiger partial charge on any atom is 0.309 e. The number of carbonyl (C=O) groups excluding carboxylic acids is 4. The van der Waals surface area contributed by atoms with Crippen molar-refractivity contribution in [2.24, 2.45) is 75.4 Å².